The maximum atomic E-state index is 5.07. The molecule has 50 heavy (non-hydrogen) atoms. The van der Waals surface area contributed by atoms with E-state index in [0.29, 0.717) is 17.5 Å². The minimum atomic E-state index is 0.563. The molecule has 6 heteroatoms. The van der Waals surface area contributed by atoms with E-state index in [1.165, 1.54) is 21.5 Å². The van der Waals surface area contributed by atoms with Gasteiger partial charge in [-0.05, 0) is 47.5 Å². The average Bonchev–Trinajstić information content (AvgIpc) is 3.73. The average molecular weight is 641 g/mol. The Morgan fingerprint density at radius 3 is 1.80 bits per heavy atom. The summed E-state index contributed by atoms with van der Waals surface area (Å²) in [6, 6.07) is 52.6. The summed E-state index contributed by atoms with van der Waals surface area (Å²) in [4.78, 5) is 23.2. The van der Waals surface area contributed by atoms with Crippen molar-refractivity contribution in [3.05, 3.63) is 164 Å². The van der Waals surface area contributed by atoms with Gasteiger partial charge in [0, 0.05) is 56.1 Å². The molecule has 10 aromatic rings. The van der Waals surface area contributed by atoms with E-state index in [1.54, 1.807) is 0 Å². The number of para-hydroxylation sites is 2. The molecular formula is C44H28N6. The molecule has 0 bridgehead atoms. The Morgan fingerprint density at radius 1 is 0.420 bits per heavy atom. The molecule has 1 N–H and O–H groups in total. The highest BCUT2D eigenvalue weighted by atomic mass is 15.1. The third kappa shape index (κ3) is 4.58. The van der Waals surface area contributed by atoms with Crippen LogP contribution in [-0.4, -0.2) is 29.5 Å². The second-order valence-electron chi connectivity index (χ2n) is 12.4. The van der Waals surface area contributed by atoms with Gasteiger partial charge in [0.15, 0.2) is 17.5 Å². The van der Waals surface area contributed by atoms with E-state index in [1.807, 2.05) is 73.1 Å². The predicted octanol–water partition coefficient (Wildman–Crippen LogP) is 10.7. The molecule has 0 fully saturated rings. The van der Waals surface area contributed by atoms with Crippen molar-refractivity contribution in [1.82, 2.24) is 29.5 Å². The Kier molecular flexibility index (Phi) is 6.39. The molecule has 0 saturated heterocycles. The fraction of sp³-hybridized carbons (Fsp3) is 0. The normalized spacial score (nSPS) is 11.6. The lowest BCUT2D eigenvalue weighted by Gasteiger charge is -2.14. The van der Waals surface area contributed by atoms with Gasteiger partial charge in [-0.2, -0.15) is 0 Å². The molecule has 6 aromatic carbocycles. The molecule has 10 rings (SSSR count). The first kappa shape index (κ1) is 28.1. The summed E-state index contributed by atoms with van der Waals surface area (Å²) < 4.78 is 2.32. The second-order valence-corrected chi connectivity index (χ2v) is 12.4. The molecule has 4 aromatic heterocycles. The van der Waals surface area contributed by atoms with Crippen molar-refractivity contribution >= 4 is 43.6 Å². The van der Waals surface area contributed by atoms with Crippen LogP contribution in [0, 0.1) is 0 Å². The Labute approximate surface area is 287 Å². The van der Waals surface area contributed by atoms with E-state index < -0.39 is 0 Å². The van der Waals surface area contributed by atoms with Gasteiger partial charge in [-0.3, -0.25) is 4.98 Å². The zero-order chi connectivity index (χ0) is 33.0. The van der Waals surface area contributed by atoms with Gasteiger partial charge in [-0.15, -0.1) is 0 Å². The van der Waals surface area contributed by atoms with E-state index in [0.717, 1.165) is 55.6 Å². The maximum Gasteiger partial charge on any atom is 0.167 e. The summed E-state index contributed by atoms with van der Waals surface area (Å²) in [5, 5.41) is 4.79. The van der Waals surface area contributed by atoms with Crippen molar-refractivity contribution in [3.63, 3.8) is 0 Å². The first-order chi connectivity index (χ1) is 24.8. The van der Waals surface area contributed by atoms with Crippen molar-refractivity contribution in [2.24, 2.45) is 0 Å². The van der Waals surface area contributed by atoms with Crippen molar-refractivity contribution in [3.8, 4) is 51.0 Å². The Balaban J connectivity index is 1.20. The van der Waals surface area contributed by atoms with Crippen LogP contribution in [0.3, 0.4) is 0 Å². The number of rotatable bonds is 5. The van der Waals surface area contributed by atoms with Crippen LogP contribution in [0.5, 0.6) is 0 Å². The van der Waals surface area contributed by atoms with Gasteiger partial charge >= 0.3 is 0 Å². The van der Waals surface area contributed by atoms with Gasteiger partial charge in [0.25, 0.3) is 0 Å². The van der Waals surface area contributed by atoms with Crippen LogP contribution in [0.1, 0.15) is 0 Å². The standard InChI is InChI=1S/C44H28N6/c1-3-11-28(12-4-1)42-47-43(29-13-5-2-6-14-29)49-44(48-42)36-27-45-24-23-40(36)50-39-18-10-8-16-33(39)34-21-19-31(26-41(34)50)30-20-22-38-35(25-30)32-15-7-9-17-37(32)46-38/h1-27,46H. The maximum absolute atomic E-state index is 5.07. The van der Waals surface area contributed by atoms with Crippen molar-refractivity contribution in [2.45, 2.75) is 0 Å². The van der Waals surface area contributed by atoms with Crippen molar-refractivity contribution < 1.29 is 0 Å². The minimum Gasteiger partial charge on any atom is -0.355 e. The number of benzene rings is 6. The number of hydrogen-bond acceptors (Lipinski definition) is 4. The molecule has 0 unspecified atom stereocenters. The lowest BCUT2D eigenvalue weighted by atomic mass is 10.0. The summed E-state index contributed by atoms with van der Waals surface area (Å²) in [6.07, 6.45) is 3.70. The van der Waals surface area contributed by atoms with Gasteiger partial charge < -0.3 is 9.55 Å². The molecule has 0 amide bonds. The molecule has 0 aliphatic rings. The SMILES string of the molecule is c1ccc(-c2nc(-c3ccccc3)nc(-c3cnccc3-n3c4ccccc4c4ccc(-c5ccc6[nH]c7ccccc7c6c5)cc43)n2)cc1. The number of hydrogen-bond donors (Lipinski definition) is 1. The third-order valence-electron chi connectivity index (χ3n) is 9.49. The Bertz CT molecular complexity index is 2810. The molecule has 0 radical (unpaired) electrons. The van der Waals surface area contributed by atoms with Crippen LogP contribution in [0.2, 0.25) is 0 Å². The number of pyridine rings is 1. The highest BCUT2D eigenvalue weighted by Crippen LogP contribution is 2.38. The molecule has 234 valence electrons. The van der Waals surface area contributed by atoms with Crippen LogP contribution >= 0.6 is 0 Å². The van der Waals surface area contributed by atoms with E-state index in [2.05, 4.69) is 106 Å². The monoisotopic (exact) mass is 640 g/mol. The van der Waals surface area contributed by atoms with Gasteiger partial charge in [-0.25, -0.2) is 15.0 Å². The van der Waals surface area contributed by atoms with Crippen molar-refractivity contribution in [1.29, 1.82) is 0 Å². The van der Waals surface area contributed by atoms with E-state index >= 15 is 0 Å². The quantitative estimate of drug-likeness (QED) is 0.203. The van der Waals surface area contributed by atoms with E-state index in [9.17, 15) is 0 Å². The van der Waals surface area contributed by atoms with Gasteiger partial charge in [0.2, 0.25) is 0 Å². The molecule has 0 aliphatic heterocycles. The fourth-order valence-corrected chi connectivity index (χ4v) is 7.12. The Hall–Kier alpha value is -6.92. The molecule has 0 aliphatic carbocycles. The number of aromatic nitrogens is 6. The number of nitrogens with zero attached hydrogens (tertiary/aromatic N) is 5. The lowest BCUT2D eigenvalue weighted by molar-refractivity contribution is 1.06. The third-order valence-corrected chi connectivity index (χ3v) is 9.49. The number of aromatic amines is 1. The Morgan fingerprint density at radius 2 is 1.02 bits per heavy atom. The molecule has 0 spiro atoms. The van der Waals surface area contributed by atoms with E-state index in [4.69, 9.17) is 15.0 Å². The van der Waals surface area contributed by atoms with Crippen molar-refractivity contribution in [2.75, 3.05) is 0 Å². The first-order valence-corrected chi connectivity index (χ1v) is 16.6. The highest BCUT2D eigenvalue weighted by molar-refractivity contribution is 6.12. The number of fused-ring (bicyclic) bond motifs is 6. The van der Waals surface area contributed by atoms with Gasteiger partial charge in [-0.1, -0.05) is 115 Å². The minimum absolute atomic E-state index is 0.563. The second kappa shape index (κ2) is 11.4. The molecule has 0 saturated carbocycles. The fourth-order valence-electron chi connectivity index (χ4n) is 7.12. The smallest absolute Gasteiger partial charge is 0.167 e. The molecule has 6 nitrogen and oxygen atoms in total. The number of nitrogens with one attached hydrogen (secondary N) is 1. The first-order valence-electron chi connectivity index (χ1n) is 16.6. The molecular weight excluding hydrogens is 613 g/mol. The largest absolute Gasteiger partial charge is 0.355 e. The zero-order valence-corrected chi connectivity index (χ0v) is 26.8. The summed E-state index contributed by atoms with van der Waals surface area (Å²) in [5.41, 5.74) is 10.4. The highest BCUT2D eigenvalue weighted by Gasteiger charge is 2.20. The van der Waals surface area contributed by atoms with E-state index in [-0.39, 0.29) is 0 Å². The predicted molar refractivity (Wildman–Crippen MR) is 203 cm³/mol. The topological polar surface area (TPSA) is 72.3 Å². The van der Waals surface area contributed by atoms with Crippen LogP contribution in [-0.2, 0) is 0 Å². The molecule has 4 heterocycles. The van der Waals surface area contributed by atoms with Gasteiger partial charge in [0.1, 0.15) is 0 Å². The summed E-state index contributed by atoms with van der Waals surface area (Å²) in [7, 11) is 0. The lowest BCUT2D eigenvalue weighted by Crippen LogP contribution is -2.04. The summed E-state index contributed by atoms with van der Waals surface area (Å²) in [6.45, 7) is 0. The van der Waals surface area contributed by atoms with Crippen LogP contribution in [0.25, 0.3) is 94.6 Å². The van der Waals surface area contributed by atoms with Crippen LogP contribution in [0.15, 0.2) is 164 Å². The van der Waals surface area contributed by atoms with Crippen LogP contribution in [0.4, 0.5) is 0 Å². The van der Waals surface area contributed by atoms with Crippen LogP contribution < -0.4 is 0 Å². The zero-order valence-electron chi connectivity index (χ0n) is 26.8. The summed E-state index contributed by atoms with van der Waals surface area (Å²) >= 11 is 0. The molecule has 0 atom stereocenters. The number of H-pyrrole nitrogens is 1. The van der Waals surface area contributed by atoms with Gasteiger partial charge in [0.05, 0.1) is 22.3 Å². The summed E-state index contributed by atoms with van der Waals surface area (Å²) in [5.74, 6) is 1.79.